The Hall–Kier alpha value is -2.41. The van der Waals surface area contributed by atoms with Gasteiger partial charge in [-0.25, -0.2) is 4.98 Å². The van der Waals surface area contributed by atoms with Crippen molar-refractivity contribution in [2.75, 3.05) is 30.4 Å². The molecule has 1 aliphatic rings. The number of benzene rings is 1. The van der Waals surface area contributed by atoms with Gasteiger partial charge in [-0.1, -0.05) is 55.0 Å². The lowest BCUT2D eigenvalue weighted by atomic mass is 10.2. The number of likely N-dealkylation sites (N-methyl/N-ethyl adjacent to an activating group) is 1. The Kier molecular flexibility index (Phi) is 5.33. The quantitative estimate of drug-likeness (QED) is 0.806. The monoisotopic (exact) mass is 358 g/mol. The number of hydrogen-bond acceptors (Lipinski definition) is 5. The molecule has 0 bridgehead atoms. The number of hydrogen-bond donors (Lipinski definition) is 1. The summed E-state index contributed by atoms with van der Waals surface area (Å²) in [5.74, 6) is 0.191. The molecule has 3 rings (SSSR count). The minimum atomic E-state index is -0.153. The van der Waals surface area contributed by atoms with E-state index in [0.717, 1.165) is 24.9 Å². The van der Waals surface area contributed by atoms with Gasteiger partial charge in [0.05, 0.1) is 6.54 Å². The zero-order valence-corrected chi connectivity index (χ0v) is 15.3. The third-order valence-corrected chi connectivity index (χ3v) is 5.06. The highest BCUT2D eigenvalue weighted by Crippen LogP contribution is 2.33. The minimum Gasteiger partial charge on any atom is -0.361 e. The number of nitrogens with zero attached hydrogens (tertiary/aromatic N) is 3. The Morgan fingerprint density at radius 1 is 1.24 bits per heavy atom. The van der Waals surface area contributed by atoms with E-state index in [2.05, 4.69) is 17.2 Å². The third-order valence-electron chi connectivity index (χ3n) is 4.07. The lowest BCUT2D eigenvalue weighted by molar-refractivity contribution is -0.119. The number of carbonyl (C=O) groups excluding carboxylic acids is 2. The molecule has 2 amide bonds. The Morgan fingerprint density at radius 3 is 2.72 bits per heavy atom. The van der Waals surface area contributed by atoms with E-state index >= 15 is 0 Å². The summed E-state index contributed by atoms with van der Waals surface area (Å²) in [5.41, 5.74) is 1.01. The van der Waals surface area contributed by atoms with Crippen molar-refractivity contribution in [2.45, 2.75) is 26.3 Å². The number of unbranched alkanes of at least 4 members (excludes halogenated alkanes) is 1. The third kappa shape index (κ3) is 3.82. The second kappa shape index (κ2) is 7.65. The molecule has 0 saturated carbocycles. The summed E-state index contributed by atoms with van der Waals surface area (Å²) in [5, 5.41) is 3.94. The second-order valence-electron chi connectivity index (χ2n) is 6.08. The van der Waals surface area contributed by atoms with E-state index in [-0.39, 0.29) is 18.4 Å². The van der Waals surface area contributed by atoms with E-state index in [0.29, 0.717) is 22.4 Å². The highest BCUT2D eigenvalue weighted by Gasteiger charge is 2.33. The normalized spacial score (nSPS) is 14.5. The van der Waals surface area contributed by atoms with E-state index in [1.807, 2.05) is 30.3 Å². The van der Waals surface area contributed by atoms with Gasteiger partial charge < -0.3 is 10.2 Å². The molecular formula is C18H22N4O2S. The lowest BCUT2D eigenvalue weighted by Crippen LogP contribution is -2.37. The van der Waals surface area contributed by atoms with E-state index < -0.39 is 0 Å². The fourth-order valence-corrected chi connectivity index (χ4v) is 3.65. The molecule has 2 heterocycles. The lowest BCUT2D eigenvalue weighted by Gasteiger charge is -2.20. The highest BCUT2D eigenvalue weighted by molar-refractivity contribution is 7.18. The first-order valence-corrected chi connectivity index (χ1v) is 9.26. The van der Waals surface area contributed by atoms with Gasteiger partial charge in [0, 0.05) is 13.6 Å². The maximum absolute atomic E-state index is 12.7. The van der Waals surface area contributed by atoms with Crippen molar-refractivity contribution in [3.05, 3.63) is 40.8 Å². The number of anilines is 2. The number of rotatable bonds is 6. The van der Waals surface area contributed by atoms with Crippen molar-refractivity contribution < 1.29 is 9.59 Å². The van der Waals surface area contributed by atoms with Crippen molar-refractivity contribution in [1.82, 2.24) is 9.88 Å². The van der Waals surface area contributed by atoms with Crippen LogP contribution in [-0.4, -0.2) is 41.8 Å². The molecule has 2 aromatic rings. The second-order valence-corrected chi connectivity index (χ2v) is 7.08. The minimum absolute atomic E-state index is 0.0628. The van der Waals surface area contributed by atoms with Crippen LogP contribution in [0.2, 0.25) is 0 Å². The number of amides is 2. The standard InChI is InChI=1S/C18H22N4O2S/c1-3-4-10-19-18-20-16-15(25-18)17(24)21(2)12-14(23)22(16)11-13-8-6-5-7-9-13/h5-9H,3-4,10-12H2,1-2H3,(H,19,20). The number of aromatic nitrogens is 1. The molecule has 0 saturated heterocycles. The van der Waals surface area contributed by atoms with E-state index in [1.165, 1.54) is 16.2 Å². The number of thiazole rings is 1. The highest BCUT2D eigenvalue weighted by atomic mass is 32.1. The Morgan fingerprint density at radius 2 is 2.00 bits per heavy atom. The largest absolute Gasteiger partial charge is 0.361 e. The molecule has 132 valence electrons. The van der Waals surface area contributed by atoms with Gasteiger partial charge in [-0.3, -0.25) is 14.5 Å². The van der Waals surface area contributed by atoms with E-state index in [1.54, 1.807) is 11.9 Å². The molecule has 0 fully saturated rings. The van der Waals surface area contributed by atoms with Gasteiger partial charge >= 0.3 is 0 Å². The maximum atomic E-state index is 12.7. The topological polar surface area (TPSA) is 65.5 Å². The average Bonchev–Trinajstić information content (AvgIpc) is 3.00. The molecule has 25 heavy (non-hydrogen) atoms. The fourth-order valence-electron chi connectivity index (χ4n) is 2.66. The molecular weight excluding hydrogens is 336 g/mol. The summed E-state index contributed by atoms with van der Waals surface area (Å²) in [6.45, 7) is 3.40. The summed E-state index contributed by atoms with van der Waals surface area (Å²) in [7, 11) is 1.65. The van der Waals surface area contributed by atoms with Crippen molar-refractivity contribution >= 4 is 34.1 Å². The first-order chi connectivity index (χ1) is 12.1. The van der Waals surface area contributed by atoms with Gasteiger partial charge in [0.25, 0.3) is 5.91 Å². The van der Waals surface area contributed by atoms with Crippen LogP contribution in [0.25, 0.3) is 0 Å². The van der Waals surface area contributed by atoms with Crippen LogP contribution in [0.5, 0.6) is 0 Å². The summed E-state index contributed by atoms with van der Waals surface area (Å²) in [4.78, 5) is 33.5. The van der Waals surface area contributed by atoms with Crippen LogP contribution in [0.1, 0.15) is 35.0 Å². The zero-order valence-electron chi connectivity index (χ0n) is 14.5. The van der Waals surface area contributed by atoms with Crippen LogP contribution < -0.4 is 10.2 Å². The molecule has 6 nitrogen and oxygen atoms in total. The maximum Gasteiger partial charge on any atom is 0.268 e. The number of carbonyl (C=O) groups is 2. The van der Waals surface area contributed by atoms with Crippen LogP contribution >= 0.6 is 11.3 Å². The van der Waals surface area contributed by atoms with Crippen molar-refractivity contribution in [1.29, 1.82) is 0 Å². The van der Waals surface area contributed by atoms with Gasteiger partial charge in [-0.2, -0.15) is 0 Å². The van der Waals surface area contributed by atoms with Crippen LogP contribution in [0.3, 0.4) is 0 Å². The number of nitrogens with one attached hydrogen (secondary N) is 1. The summed E-state index contributed by atoms with van der Waals surface area (Å²) in [6.07, 6.45) is 2.11. The molecule has 1 N–H and O–H groups in total. The Bertz CT molecular complexity index is 760. The van der Waals surface area contributed by atoms with Crippen molar-refractivity contribution in [3.63, 3.8) is 0 Å². The Labute approximate surface area is 151 Å². The SMILES string of the molecule is CCCCNc1nc2c(s1)C(=O)N(C)CC(=O)N2Cc1ccccc1. The molecule has 0 unspecified atom stereocenters. The molecule has 0 spiro atoms. The van der Waals surface area contributed by atoms with Crippen LogP contribution in [-0.2, 0) is 11.3 Å². The van der Waals surface area contributed by atoms with Crippen LogP contribution in [0, 0.1) is 0 Å². The fraction of sp³-hybridized carbons (Fsp3) is 0.389. The smallest absolute Gasteiger partial charge is 0.268 e. The first-order valence-electron chi connectivity index (χ1n) is 8.44. The molecule has 1 aromatic heterocycles. The van der Waals surface area contributed by atoms with E-state index in [4.69, 9.17) is 0 Å². The van der Waals surface area contributed by atoms with Crippen LogP contribution in [0.15, 0.2) is 30.3 Å². The van der Waals surface area contributed by atoms with Gasteiger partial charge in [0.1, 0.15) is 11.4 Å². The molecule has 0 aliphatic carbocycles. The summed E-state index contributed by atoms with van der Waals surface area (Å²) >= 11 is 1.32. The first kappa shape index (κ1) is 17.4. The summed E-state index contributed by atoms with van der Waals surface area (Å²) < 4.78 is 0. The van der Waals surface area contributed by atoms with E-state index in [9.17, 15) is 9.59 Å². The Balaban J connectivity index is 1.93. The average molecular weight is 358 g/mol. The number of fused-ring (bicyclic) bond motifs is 1. The predicted molar refractivity (Wildman–Crippen MR) is 100 cm³/mol. The molecule has 0 atom stereocenters. The zero-order chi connectivity index (χ0) is 17.8. The van der Waals surface area contributed by atoms with Crippen molar-refractivity contribution in [3.8, 4) is 0 Å². The van der Waals surface area contributed by atoms with Gasteiger partial charge in [0.15, 0.2) is 10.9 Å². The van der Waals surface area contributed by atoms with Gasteiger partial charge in [-0.15, -0.1) is 0 Å². The summed E-state index contributed by atoms with van der Waals surface area (Å²) in [6, 6.07) is 9.75. The predicted octanol–water partition coefficient (Wildman–Crippen LogP) is 2.97. The molecule has 1 aliphatic heterocycles. The van der Waals surface area contributed by atoms with Crippen LogP contribution in [0.4, 0.5) is 10.9 Å². The van der Waals surface area contributed by atoms with Gasteiger partial charge in [0.2, 0.25) is 5.91 Å². The molecule has 7 heteroatoms. The van der Waals surface area contributed by atoms with Crippen molar-refractivity contribution in [2.24, 2.45) is 0 Å². The molecule has 0 radical (unpaired) electrons. The van der Waals surface area contributed by atoms with Gasteiger partial charge in [-0.05, 0) is 12.0 Å². The molecule has 1 aromatic carbocycles.